The van der Waals surface area contributed by atoms with Crippen LogP contribution in [-0.2, 0) is 14.3 Å². The van der Waals surface area contributed by atoms with Gasteiger partial charge in [-0.05, 0) is 12.1 Å². The largest absolute Gasteiger partial charge is 0.489 e. The van der Waals surface area contributed by atoms with Crippen molar-refractivity contribution in [3.8, 4) is 5.75 Å². The molecule has 0 spiro atoms. The lowest BCUT2D eigenvalue weighted by molar-refractivity contribution is -0.125. The number of hydrogen-bond donors (Lipinski definition) is 1. The van der Waals surface area contributed by atoms with Gasteiger partial charge in [0.15, 0.2) is 0 Å². The van der Waals surface area contributed by atoms with Gasteiger partial charge in [0.25, 0.3) is 5.91 Å². The Labute approximate surface area is 144 Å². The number of hydrogen-bond acceptors (Lipinski definition) is 6. The topological polar surface area (TPSA) is 94.3 Å². The minimum Gasteiger partial charge on any atom is -0.489 e. The molecule has 3 heterocycles. The summed E-state index contributed by atoms with van der Waals surface area (Å²) in [6, 6.07) is 5.14. The van der Waals surface area contributed by atoms with E-state index in [0.29, 0.717) is 31.2 Å². The lowest BCUT2D eigenvalue weighted by atomic mass is 10.1. The molecule has 3 aliphatic heterocycles. The van der Waals surface area contributed by atoms with Crippen LogP contribution >= 0.6 is 12.4 Å². The molecule has 1 aromatic rings. The van der Waals surface area contributed by atoms with Gasteiger partial charge in [-0.2, -0.15) is 0 Å². The van der Waals surface area contributed by atoms with E-state index in [2.05, 4.69) is 0 Å². The number of morpholine rings is 1. The molecule has 130 valence electrons. The molecule has 0 bridgehead atoms. The molecule has 0 radical (unpaired) electrons. The number of ether oxygens (including phenoxy) is 3. The Morgan fingerprint density at radius 2 is 2.12 bits per heavy atom. The second kappa shape index (κ2) is 6.46. The molecule has 3 aliphatic rings. The molecule has 2 N–H and O–H groups in total. The van der Waals surface area contributed by atoms with Crippen LogP contribution < -0.4 is 20.3 Å². The Kier molecular flexibility index (Phi) is 4.53. The number of anilines is 2. The van der Waals surface area contributed by atoms with Crippen molar-refractivity contribution in [2.24, 2.45) is 5.73 Å². The van der Waals surface area contributed by atoms with Crippen LogP contribution in [0.15, 0.2) is 18.2 Å². The zero-order valence-electron chi connectivity index (χ0n) is 12.8. The minimum absolute atomic E-state index is 0. The summed E-state index contributed by atoms with van der Waals surface area (Å²) in [6.07, 6.45) is -0.777. The number of carbonyl (C=O) groups is 2. The molecular weight excluding hydrogens is 338 g/mol. The van der Waals surface area contributed by atoms with Gasteiger partial charge < -0.3 is 24.8 Å². The summed E-state index contributed by atoms with van der Waals surface area (Å²) in [7, 11) is 0. The second-order valence-electron chi connectivity index (χ2n) is 5.66. The first-order valence-corrected chi connectivity index (χ1v) is 7.54. The quantitative estimate of drug-likeness (QED) is 0.831. The first kappa shape index (κ1) is 16.8. The van der Waals surface area contributed by atoms with Crippen molar-refractivity contribution in [1.29, 1.82) is 0 Å². The molecule has 4 rings (SSSR count). The van der Waals surface area contributed by atoms with E-state index >= 15 is 0 Å². The highest BCUT2D eigenvalue weighted by Gasteiger charge is 2.46. The fraction of sp³-hybridized carbons (Fsp3) is 0.467. The molecule has 0 aliphatic carbocycles. The van der Waals surface area contributed by atoms with Crippen LogP contribution in [0, 0.1) is 0 Å². The van der Waals surface area contributed by atoms with E-state index in [1.165, 1.54) is 0 Å². The van der Waals surface area contributed by atoms with Crippen LogP contribution in [0.2, 0.25) is 0 Å². The third-order valence-corrected chi connectivity index (χ3v) is 4.35. The Bertz CT molecular complexity index is 671. The minimum atomic E-state index is -0.412. The lowest BCUT2D eigenvalue weighted by Crippen LogP contribution is -2.46. The summed E-state index contributed by atoms with van der Waals surface area (Å²) >= 11 is 0. The van der Waals surface area contributed by atoms with Gasteiger partial charge in [-0.1, -0.05) is 0 Å². The number of carbonyl (C=O) groups excluding carboxylic acids is 2. The van der Waals surface area contributed by atoms with Crippen LogP contribution in [0.5, 0.6) is 5.75 Å². The molecule has 2 amide bonds. The first-order valence-electron chi connectivity index (χ1n) is 7.54. The van der Waals surface area contributed by atoms with Crippen molar-refractivity contribution in [3.63, 3.8) is 0 Å². The predicted octanol–water partition coefficient (Wildman–Crippen LogP) is 0.516. The fourth-order valence-electron chi connectivity index (χ4n) is 3.18. The Balaban J connectivity index is 0.00000169. The van der Waals surface area contributed by atoms with Gasteiger partial charge in [0.2, 0.25) is 0 Å². The van der Waals surface area contributed by atoms with Gasteiger partial charge in [-0.25, -0.2) is 4.79 Å². The van der Waals surface area contributed by atoms with Crippen LogP contribution in [0.3, 0.4) is 0 Å². The highest BCUT2D eigenvalue weighted by atomic mass is 35.5. The molecule has 9 heteroatoms. The summed E-state index contributed by atoms with van der Waals surface area (Å²) in [4.78, 5) is 27.3. The molecule has 0 aromatic heterocycles. The van der Waals surface area contributed by atoms with Crippen LogP contribution in [0.1, 0.15) is 0 Å². The normalized spacial score (nSPS) is 25.4. The fourth-order valence-corrected chi connectivity index (χ4v) is 3.18. The third-order valence-electron chi connectivity index (χ3n) is 4.35. The number of halogens is 1. The average Bonchev–Trinajstić information content (AvgIpc) is 2.91. The Morgan fingerprint density at radius 3 is 2.88 bits per heavy atom. The maximum Gasteiger partial charge on any atom is 0.415 e. The monoisotopic (exact) mass is 355 g/mol. The Morgan fingerprint density at radius 1 is 1.29 bits per heavy atom. The van der Waals surface area contributed by atoms with Crippen LogP contribution in [0.4, 0.5) is 16.2 Å². The zero-order chi connectivity index (χ0) is 16.0. The molecule has 8 nitrogen and oxygen atoms in total. The van der Waals surface area contributed by atoms with Gasteiger partial charge in [0.05, 0.1) is 12.3 Å². The highest BCUT2D eigenvalue weighted by molar-refractivity contribution is 5.97. The van der Waals surface area contributed by atoms with Gasteiger partial charge in [0.1, 0.15) is 31.1 Å². The third kappa shape index (κ3) is 2.56. The van der Waals surface area contributed by atoms with Crippen LogP contribution in [0.25, 0.3) is 0 Å². The SMILES string of the molecule is Cl.NC[C@@H]1OC(=O)N2c3ccc(N4CCOCC4=O)cc3OC[C@@H]12. The maximum atomic E-state index is 12.1. The lowest BCUT2D eigenvalue weighted by Gasteiger charge is -2.33. The molecule has 0 saturated carbocycles. The molecule has 1 aromatic carbocycles. The highest BCUT2D eigenvalue weighted by Crippen LogP contribution is 2.40. The number of nitrogens with zero attached hydrogens (tertiary/aromatic N) is 2. The standard InChI is InChI=1S/C15H17N3O5.ClH/c16-6-13-11-7-22-12-5-9(17-3-4-21-8-14(17)19)1-2-10(12)18(11)15(20)23-13;/h1-2,5,11,13H,3-4,6-8,16H2;1H/t11-,13-;/m0./s1. The van der Waals surface area contributed by atoms with E-state index in [9.17, 15) is 9.59 Å². The predicted molar refractivity (Wildman–Crippen MR) is 87.9 cm³/mol. The average molecular weight is 356 g/mol. The Hall–Kier alpha value is -2.03. The van der Waals surface area contributed by atoms with E-state index in [1.807, 2.05) is 0 Å². The molecule has 0 unspecified atom stereocenters. The summed E-state index contributed by atoms with van der Waals surface area (Å²) < 4.78 is 16.2. The summed E-state index contributed by atoms with van der Waals surface area (Å²) in [5.74, 6) is 0.473. The number of amides is 2. The molecule has 24 heavy (non-hydrogen) atoms. The number of fused-ring (bicyclic) bond motifs is 3. The van der Waals surface area contributed by atoms with Crippen LogP contribution in [-0.4, -0.2) is 57.1 Å². The van der Waals surface area contributed by atoms with E-state index in [-0.39, 0.29) is 43.6 Å². The van der Waals surface area contributed by atoms with Crippen molar-refractivity contribution in [2.75, 3.05) is 42.7 Å². The van der Waals surface area contributed by atoms with Gasteiger partial charge in [0, 0.05) is 24.8 Å². The number of cyclic esters (lactones) is 1. The zero-order valence-corrected chi connectivity index (χ0v) is 13.7. The number of benzene rings is 1. The molecule has 2 fully saturated rings. The molecule has 2 saturated heterocycles. The molecule has 2 atom stereocenters. The summed E-state index contributed by atoms with van der Waals surface area (Å²) in [5.41, 5.74) is 7.02. The van der Waals surface area contributed by atoms with E-state index in [1.54, 1.807) is 28.0 Å². The maximum absolute atomic E-state index is 12.1. The van der Waals surface area contributed by atoms with Gasteiger partial charge >= 0.3 is 6.09 Å². The van der Waals surface area contributed by atoms with Gasteiger partial charge in [-0.15, -0.1) is 12.4 Å². The summed E-state index contributed by atoms with van der Waals surface area (Å²) in [5, 5.41) is 0. The van der Waals surface area contributed by atoms with E-state index in [4.69, 9.17) is 19.9 Å². The van der Waals surface area contributed by atoms with Crippen molar-refractivity contribution >= 4 is 35.8 Å². The summed E-state index contributed by atoms with van der Waals surface area (Å²) in [6.45, 7) is 1.66. The number of rotatable bonds is 2. The van der Waals surface area contributed by atoms with Gasteiger partial charge in [-0.3, -0.25) is 9.69 Å². The van der Waals surface area contributed by atoms with Crippen molar-refractivity contribution in [1.82, 2.24) is 0 Å². The molecular formula is C15H18ClN3O5. The second-order valence-corrected chi connectivity index (χ2v) is 5.66. The smallest absolute Gasteiger partial charge is 0.415 e. The van der Waals surface area contributed by atoms with Crippen molar-refractivity contribution < 1.29 is 23.8 Å². The first-order chi connectivity index (χ1) is 11.2. The van der Waals surface area contributed by atoms with Crippen molar-refractivity contribution in [3.05, 3.63) is 18.2 Å². The number of nitrogens with two attached hydrogens (primary N) is 1. The van der Waals surface area contributed by atoms with E-state index in [0.717, 1.165) is 5.69 Å². The van der Waals surface area contributed by atoms with E-state index < -0.39 is 6.09 Å². The van der Waals surface area contributed by atoms with Crippen molar-refractivity contribution in [2.45, 2.75) is 12.1 Å².